The van der Waals surface area contributed by atoms with Crippen LogP contribution in [-0.2, 0) is 19.3 Å². The van der Waals surface area contributed by atoms with E-state index in [9.17, 15) is 4.79 Å². The number of likely N-dealkylation sites (tertiary alicyclic amines) is 1. The van der Waals surface area contributed by atoms with Gasteiger partial charge in [-0.2, -0.15) is 0 Å². The molecule has 2 aliphatic rings. The maximum atomic E-state index is 13.0. The van der Waals surface area contributed by atoms with Gasteiger partial charge in [0, 0.05) is 36.5 Å². The van der Waals surface area contributed by atoms with Crippen LogP contribution >= 0.6 is 0 Å². The van der Waals surface area contributed by atoms with Gasteiger partial charge in [0.2, 0.25) is 0 Å². The van der Waals surface area contributed by atoms with Crippen LogP contribution in [0.2, 0.25) is 0 Å². The molecule has 0 bridgehead atoms. The molecule has 2 aromatic rings. The highest BCUT2D eigenvalue weighted by atomic mass is 16.5. The van der Waals surface area contributed by atoms with E-state index in [1.54, 1.807) is 0 Å². The fourth-order valence-corrected chi connectivity index (χ4v) is 4.19. The van der Waals surface area contributed by atoms with Crippen molar-refractivity contribution >= 4 is 5.91 Å². The summed E-state index contributed by atoms with van der Waals surface area (Å²) >= 11 is 0. The molecule has 1 atom stereocenters. The van der Waals surface area contributed by atoms with Crippen LogP contribution in [-0.4, -0.2) is 33.5 Å². The first kappa shape index (κ1) is 16.3. The molecule has 0 aromatic carbocycles. The summed E-state index contributed by atoms with van der Waals surface area (Å²) in [6.07, 6.45) is 10.1. The molecule has 1 amide bonds. The van der Waals surface area contributed by atoms with Gasteiger partial charge < -0.3 is 9.42 Å². The molecule has 0 saturated carbocycles. The first-order chi connectivity index (χ1) is 12.2. The summed E-state index contributed by atoms with van der Waals surface area (Å²) < 4.78 is 5.44. The summed E-state index contributed by atoms with van der Waals surface area (Å²) in [5, 5.41) is 4.13. The second-order valence-electron chi connectivity index (χ2n) is 7.28. The lowest BCUT2D eigenvalue weighted by Gasteiger charge is -2.24. The van der Waals surface area contributed by atoms with Crippen molar-refractivity contribution < 1.29 is 9.32 Å². The minimum absolute atomic E-state index is 0.0697. The molecule has 1 saturated heterocycles. The molecule has 5 nitrogen and oxygen atoms in total. The van der Waals surface area contributed by atoms with Crippen LogP contribution in [0.3, 0.4) is 0 Å². The lowest BCUT2D eigenvalue weighted by atomic mass is 9.96. The van der Waals surface area contributed by atoms with Crippen molar-refractivity contribution in [1.29, 1.82) is 0 Å². The van der Waals surface area contributed by atoms with Crippen molar-refractivity contribution in [3.05, 3.63) is 46.6 Å². The predicted octanol–water partition coefficient (Wildman–Crippen LogP) is 3.49. The van der Waals surface area contributed by atoms with E-state index in [4.69, 9.17) is 4.52 Å². The van der Waals surface area contributed by atoms with Crippen molar-refractivity contribution in [2.45, 2.75) is 64.3 Å². The number of carbonyl (C=O) groups is 1. The number of aromatic nitrogens is 2. The SMILES string of the molecule is Cc1cc(CC[C@@H]2CCCN2C(=O)c2noc3c2CCCC3)ccn1. The first-order valence-corrected chi connectivity index (χ1v) is 9.42. The Hall–Kier alpha value is -2.17. The van der Waals surface area contributed by atoms with Crippen molar-refractivity contribution in [3.63, 3.8) is 0 Å². The number of aryl methyl sites for hydroxylation is 3. The molecule has 3 heterocycles. The molecular weight excluding hydrogens is 314 g/mol. The van der Waals surface area contributed by atoms with Crippen LogP contribution in [0.25, 0.3) is 0 Å². The van der Waals surface area contributed by atoms with E-state index in [2.05, 4.69) is 22.3 Å². The third kappa shape index (κ3) is 3.32. The van der Waals surface area contributed by atoms with E-state index in [1.165, 1.54) is 5.56 Å². The van der Waals surface area contributed by atoms with E-state index >= 15 is 0 Å². The summed E-state index contributed by atoms with van der Waals surface area (Å²) in [5.41, 5.74) is 3.98. The summed E-state index contributed by atoms with van der Waals surface area (Å²) in [6.45, 7) is 2.85. The largest absolute Gasteiger partial charge is 0.360 e. The normalized spacial score (nSPS) is 19.9. The Morgan fingerprint density at radius 2 is 2.20 bits per heavy atom. The highest BCUT2D eigenvalue weighted by Gasteiger charge is 2.33. The van der Waals surface area contributed by atoms with Crippen LogP contribution < -0.4 is 0 Å². The lowest BCUT2D eigenvalue weighted by molar-refractivity contribution is 0.0719. The Kier molecular flexibility index (Phi) is 4.55. The zero-order valence-electron chi connectivity index (χ0n) is 14.8. The number of hydrogen-bond donors (Lipinski definition) is 0. The number of nitrogens with zero attached hydrogens (tertiary/aromatic N) is 3. The Morgan fingerprint density at radius 1 is 1.32 bits per heavy atom. The van der Waals surface area contributed by atoms with Crippen LogP contribution in [0.4, 0.5) is 0 Å². The minimum Gasteiger partial charge on any atom is -0.360 e. The second kappa shape index (κ2) is 6.98. The molecule has 1 aliphatic heterocycles. The molecule has 2 aromatic heterocycles. The molecular formula is C20H25N3O2. The molecule has 25 heavy (non-hydrogen) atoms. The first-order valence-electron chi connectivity index (χ1n) is 9.42. The molecule has 0 unspecified atom stereocenters. The van der Waals surface area contributed by atoms with E-state index in [1.807, 2.05) is 18.0 Å². The van der Waals surface area contributed by atoms with Gasteiger partial charge in [-0.15, -0.1) is 0 Å². The van der Waals surface area contributed by atoms with Crippen LogP contribution in [0.1, 0.15) is 65.2 Å². The van der Waals surface area contributed by atoms with Crippen LogP contribution in [0.5, 0.6) is 0 Å². The topological polar surface area (TPSA) is 59.2 Å². The Balaban J connectivity index is 1.46. The molecule has 132 valence electrons. The molecule has 0 spiro atoms. The van der Waals surface area contributed by atoms with Gasteiger partial charge in [-0.25, -0.2) is 0 Å². The summed E-state index contributed by atoms with van der Waals surface area (Å²) in [5.74, 6) is 0.998. The van der Waals surface area contributed by atoms with Crippen molar-refractivity contribution in [2.75, 3.05) is 6.54 Å². The van der Waals surface area contributed by atoms with E-state index in [0.29, 0.717) is 11.7 Å². The van der Waals surface area contributed by atoms with E-state index in [0.717, 1.165) is 74.9 Å². The molecule has 1 aliphatic carbocycles. The third-order valence-electron chi connectivity index (χ3n) is 5.52. The third-order valence-corrected chi connectivity index (χ3v) is 5.52. The van der Waals surface area contributed by atoms with Gasteiger partial charge in [0.1, 0.15) is 5.76 Å². The van der Waals surface area contributed by atoms with Gasteiger partial charge in [-0.05, 0) is 69.6 Å². The van der Waals surface area contributed by atoms with E-state index < -0.39 is 0 Å². The fraction of sp³-hybridized carbons (Fsp3) is 0.550. The second-order valence-corrected chi connectivity index (χ2v) is 7.28. The van der Waals surface area contributed by atoms with Gasteiger partial charge in [-0.3, -0.25) is 9.78 Å². The number of pyridine rings is 1. The smallest absolute Gasteiger partial charge is 0.276 e. The molecule has 4 rings (SSSR count). The highest BCUT2D eigenvalue weighted by molar-refractivity contribution is 5.94. The van der Waals surface area contributed by atoms with Crippen molar-refractivity contribution in [2.24, 2.45) is 0 Å². The average Bonchev–Trinajstić information content (AvgIpc) is 3.26. The monoisotopic (exact) mass is 339 g/mol. The van der Waals surface area contributed by atoms with Gasteiger partial charge in [-0.1, -0.05) is 5.16 Å². The fourth-order valence-electron chi connectivity index (χ4n) is 4.19. The quantitative estimate of drug-likeness (QED) is 0.855. The predicted molar refractivity (Wildman–Crippen MR) is 94.5 cm³/mol. The standard InChI is InChI=1S/C20H25N3O2/c1-14-13-15(10-11-21-14)8-9-16-5-4-12-23(16)20(24)19-17-6-2-3-7-18(17)25-22-19/h10-11,13,16H,2-9,12H2,1H3/t16-/m0/s1. The molecule has 0 N–H and O–H groups in total. The van der Waals surface area contributed by atoms with Crippen LogP contribution in [0, 0.1) is 6.92 Å². The average molecular weight is 339 g/mol. The van der Waals surface area contributed by atoms with Crippen molar-refractivity contribution in [1.82, 2.24) is 15.0 Å². The number of fused-ring (bicyclic) bond motifs is 1. The summed E-state index contributed by atoms with van der Waals surface area (Å²) in [6, 6.07) is 4.51. The summed E-state index contributed by atoms with van der Waals surface area (Å²) in [4.78, 5) is 19.3. The maximum absolute atomic E-state index is 13.0. The zero-order chi connectivity index (χ0) is 17.2. The van der Waals surface area contributed by atoms with Gasteiger partial charge in [0.05, 0.1) is 0 Å². The Labute approximate surface area is 148 Å². The number of rotatable bonds is 4. The van der Waals surface area contributed by atoms with Crippen LogP contribution in [0.15, 0.2) is 22.9 Å². The molecule has 1 fully saturated rings. The van der Waals surface area contributed by atoms with Gasteiger partial charge >= 0.3 is 0 Å². The lowest BCUT2D eigenvalue weighted by Crippen LogP contribution is -2.36. The zero-order valence-corrected chi connectivity index (χ0v) is 14.8. The number of carbonyl (C=O) groups excluding carboxylic acids is 1. The highest BCUT2D eigenvalue weighted by Crippen LogP contribution is 2.28. The number of amides is 1. The molecule has 0 radical (unpaired) electrons. The van der Waals surface area contributed by atoms with E-state index in [-0.39, 0.29) is 5.91 Å². The van der Waals surface area contributed by atoms with Crippen molar-refractivity contribution in [3.8, 4) is 0 Å². The van der Waals surface area contributed by atoms with Gasteiger partial charge in [0.15, 0.2) is 5.69 Å². The summed E-state index contributed by atoms with van der Waals surface area (Å²) in [7, 11) is 0. The number of hydrogen-bond acceptors (Lipinski definition) is 4. The Morgan fingerprint density at radius 3 is 3.08 bits per heavy atom. The maximum Gasteiger partial charge on any atom is 0.276 e. The Bertz CT molecular complexity index is 768. The van der Waals surface area contributed by atoms with Gasteiger partial charge in [0.25, 0.3) is 5.91 Å². The molecule has 5 heteroatoms. The minimum atomic E-state index is 0.0697.